The molecule has 0 saturated carbocycles. The minimum atomic E-state index is -1.84. The summed E-state index contributed by atoms with van der Waals surface area (Å²) in [5.41, 5.74) is 0. The molecule has 3 rings (SSSR count). The molecule has 17 nitrogen and oxygen atoms in total. The van der Waals surface area contributed by atoms with Crippen LogP contribution in [0.3, 0.4) is 0 Å². The first kappa shape index (κ1) is 37.3. The van der Waals surface area contributed by atoms with E-state index in [2.05, 4.69) is 4.74 Å². The largest absolute Gasteiger partial charge is 0.469 e. The Morgan fingerprint density at radius 3 is 1.77 bits per heavy atom. The molecule has 3 aliphatic rings. The molecule has 0 unspecified atom stereocenters. The Hall–Kier alpha value is -1.13. The number of hydrogen-bond donors (Lipinski definition) is 9. The molecule has 0 aromatic carbocycles. The van der Waals surface area contributed by atoms with Gasteiger partial charge in [-0.3, -0.25) is 4.79 Å². The highest BCUT2D eigenvalue weighted by atomic mass is 16.8. The second-order valence-corrected chi connectivity index (χ2v) is 11.3. The molecule has 0 radical (unpaired) electrons. The standard InChI is InChI=1S/C27H48O17/c1-12-16(31)19(34)21(36)25(40-12)44-24-23(43-26-22(37)20(35)17(32)13(10-28)41-26)18(33)14(11-29)42-27(24)39-9-7-5-3-4-6-8-15(30)38-2/h12-14,16-29,31-37H,3-11H2,1-2H3/t12-,13+,14+,16+,17-,18+,19+,20-,21-,22+,23-,24+,25-,26+,27+/m0/s1. The van der Waals surface area contributed by atoms with Crippen LogP contribution < -0.4 is 0 Å². The summed E-state index contributed by atoms with van der Waals surface area (Å²) in [6.07, 6.45) is -19.3. The molecule has 0 aromatic rings. The van der Waals surface area contributed by atoms with Gasteiger partial charge in [0.1, 0.15) is 67.1 Å². The Morgan fingerprint density at radius 2 is 1.14 bits per heavy atom. The summed E-state index contributed by atoms with van der Waals surface area (Å²) < 4.78 is 39.1. The Kier molecular flexibility index (Phi) is 15.0. The van der Waals surface area contributed by atoms with Gasteiger partial charge < -0.3 is 79.1 Å². The lowest BCUT2D eigenvalue weighted by Crippen LogP contribution is -2.67. The molecule has 0 aliphatic carbocycles. The third-order valence-electron chi connectivity index (χ3n) is 8.07. The van der Waals surface area contributed by atoms with Crippen LogP contribution in [0.25, 0.3) is 0 Å². The SMILES string of the molecule is COC(=O)CCCCCCCO[C@@H]1O[C@H](CO)[C@@H](O)[C@H](O[C@H]2O[C@H](CO)[C@H](O)[C@H](O)[C@H]2O)[C@H]1O[C@@H]1O[C@@H](C)[C@@H](O)[C@@H](O)[C@@H]1O. The minimum Gasteiger partial charge on any atom is -0.469 e. The van der Waals surface area contributed by atoms with Crippen LogP contribution in [0.2, 0.25) is 0 Å². The zero-order valence-corrected chi connectivity index (χ0v) is 24.8. The molecule has 0 bridgehead atoms. The van der Waals surface area contributed by atoms with Crippen LogP contribution in [-0.4, -0.2) is 171 Å². The number of methoxy groups -OCH3 is 1. The fourth-order valence-electron chi connectivity index (χ4n) is 5.29. The van der Waals surface area contributed by atoms with Crippen molar-refractivity contribution in [3.05, 3.63) is 0 Å². The summed E-state index contributed by atoms with van der Waals surface area (Å²) in [4.78, 5) is 11.3. The van der Waals surface area contributed by atoms with Crippen molar-refractivity contribution < 1.29 is 83.9 Å². The number of carbonyl (C=O) groups excluding carboxylic acids is 1. The Balaban J connectivity index is 1.76. The molecule has 0 aromatic heterocycles. The van der Waals surface area contributed by atoms with Gasteiger partial charge in [0.05, 0.1) is 26.4 Å². The topological polar surface area (TPSA) is 264 Å². The van der Waals surface area contributed by atoms with E-state index in [4.69, 9.17) is 28.4 Å². The number of hydrogen-bond acceptors (Lipinski definition) is 17. The third kappa shape index (κ3) is 9.24. The number of rotatable bonds is 15. The number of aliphatic hydroxyl groups excluding tert-OH is 9. The Morgan fingerprint density at radius 1 is 0.614 bits per heavy atom. The predicted octanol–water partition coefficient (Wildman–Crippen LogP) is -4.01. The first-order valence-corrected chi connectivity index (χ1v) is 14.9. The van der Waals surface area contributed by atoms with Gasteiger partial charge in [-0.15, -0.1) is 0 Å². The maximum atomic E-state index is 11.3. The normalized spacial score (nSPS) is 43.1. The zero-order valence-electron chi connectivity index (χ0n) is 24.8. The number of ether oxygens (including phenoxy) is 7. The Bertz CT molecular complexity index is 849. The van der Waals surface area contributed by atoms with E-state index in [1.54, 1.807) is 0 Å². The van der Waals surface area contributed by atoms with Gasteiger partial charge in [0.15, 0.2) is 18.9 Å². The van der Waals surface area contributed by atoms with E-state index in [0.29, 0.717) is 19.3 Å². The monoisotopic (exact) mass is 644 g/mol. The fraction of sp³-hybridized carbons (Fsp3) is 0.963. The molecule has 3 heterocycles. The number of esters is 1. The second kappa shape index (κ2) is 17.7. The molecule has 3 aliphatic heterocycles. The lowest BCUT2D eigenvalue weighted by molar-refractivity contribution is -0.390. The van der Waals surface area contributed by atoms with Crippen molar-refractivity contribution in [1.29, 1.82) is 0 Å². The Labute approximate surface area is 254 Å². The van der Waals surface area contributed by atoms with E-state index >= 15 is 0 Å². The van der Waals surface area contributed by atoms with E-state index < -0.39 is 105 Å². The lowest BCUT2D eigenvalue weighted by Gasteiger charge is -2.48. The smallest absolute Gasteiger partial charge is 0.305 e. The van der Waals surface area contributed by atoms with Crippen LogP contribution >= 0.6 is 0 Å². The van der Waals surface area contributed by atoms with Gasteiger partial charge in [-0.1, -0.05) is 19.3 Å². The van der Waals surface area contributed by atoms with Crippen LogP contribution in [0.1, 0.15) is 45.4 Å². The summed E-state index contributed by atoms with van der Waals surface area (Å²) in [6.45, 7) is 0.0987. The van der Waals surface area contributed by atoms with E-state index in [1.165, 1.54) is 14.0 Å². The van der Waals surface area contributed by atoms with Crippen molar-refractivity contribution in [3.63, 3.8) is 0 Å². The van der Waals surface area contributed by atoms with Crippen LogP contribution in [0, 0.1) is 0 Å². The number of aliphatic hydroxyl groups is 9. The highest BCUT2D eigenvalue weighted by Crippen LogP contribution is 2.33. The van der Waals surface area contributed by atoms with Gasteiger partial charge in [-0.05, 0) is 19.8 Å². The molecule has 3 fully saturated rings. The average molecular weight is 645 g/mol. The number of unbranched alkanes of at least 4 members (excludes halogenated alkanes) is 4. The van der Waals surface area contributed by atoms with Crippen molar-refractivity contribution in [2.24, 2.45) is 0 Å². The summed E-state index contributed by atoms with van der Waals surface area (Å²) in [5, 5.41) is 92.5. The van der Waals surface area contributed by atoms with Gasteiger partial charge in [0, 0.05) is 13.0 Å². The molecule has 44 heavy (non-hydrogen) atoms. The molecular formula is C27H48O17. The summed E-state index contributed by atoms with van der Waals surface area (Å²) >= 11 is 0. The van der Waals surface area contributed by atoms with Crippen molar-refractivity contribution >= 4 is 5.97 Å². The lowest BCUT2D eigenvalue weighted by atomic mass is 9.96. The molecule has 3 saturated heterocycles. The highest BCUT2D eigenvalue weighted by molar-refractivity contribution is 5.68. The van der Waals surface area contributed by atoms with Crippen molar-refractivity contribution in [2.45, 2.75) is 138 Å². The van der Waals surface area contributed by atoms with E-state index in [9.17, 15) is 50.8 Å². The van der Waals surface area contributed by atoms with Gasteiger partial charge >= 0.3 is 5.97 Å². The van der Waals surface area contributed by atoms with E-state index in [-0.39, 0.29) is 12.6 Å². The van der Waals surface area contributed by atoms with Crippen molar-refractivity contribution in [2.75, 3.05) is 26.9 Å². The van der Waals surface area contributed by atoms with Gasteiger partial charge in [-0.25, -0.2) is 0 Å². The first-order valence-electron chi connectivity index (χ1n) is 14.9. The van der Waals surface area contributed by atoms with Crippen LogP contribution in [0.4, 0.5) is 0 Å². The fourth-order valence-corrected chi connectivity index (χ4v) is 5.29. The van der Waals surface area contributed by atoms with Crippen LogP contribution in [0.15, 0.2) is 0 Å². The minimum absolute atomic E-state index is 0.106. The molecule has 15 atom stereocenters. The summed E-state index contributed by atoms with van der Waals surface area (Å²) in [6, 6.07) is 0. The van der Waals surface area contributed by atoms with Crippen molar-refractivity contribution in [1.82, 2.24) is 0 Å². The molecule has 0 spiro atoms. The second-order valence-electron chi connectivity index (χ2n) is 11.3. The van der Waals surface area contributed by atoms with Gasteiger partial charge in [0.2, 0.25) is 0 Å². The summed E-state index contributed by atoms with van der Waals surface area (Å²) in [7, 11) is 1.33. The molecule has 17 heteroatoms. The molecule has 0 amide bonds. The van der Waals surface area contributed by atoms with Gasteiger partial charge in [0.25, 0.3) is 0 Å². The maximum absolute atomic E-state index is 11.3. The third-order valence-corrected chi connectivity index (χ3v) is 8.07. The van der Waals surface area contributed by atoms with Gasteiger partial charge in [-0.2, -0.15) is 0 Å². The van der Waals surface area contributed by atoms with E-state index in [0.717, 1.165) is 19.3 Å². The molecule has 258 valence electrons. The van der Waals surface area contributed by atoms with Crippen LogP contribution in [-0.2, 0) is 38.0 Å². The zero-order chi connectivity index (χ0) is 32.6. The average Bonchev–Trinajstić information content (AvgIpc) is 3.02. The highest BCUT2D eigenvalue weighted by Gasteiger charge is 2.54. The maximum Gasteiger partial charge on any atom is 0.305 e. The van der Waals surface area contributed by atoms with E-state index in [1.807, 2.05) is 0 Å². The summed E-state index contributed by atoms with van der Waals surface area (Å²) in [5.74, 6) is -0.279. The first-order chi connectivity index (χ1) is 20.9. The van der Waals surface area contributed by atoms with Crippen LogP contribution in [0.5, 0.6) is 0 Å². The number of carbonyl (C=O) groups is 1. The molecular weight excluding hydrogens is 596 g/mol. The van der Waals surface area contributed by atoms with Crippen molar-refractivity contribution in [3.8, 4) is 0 Å². The predicted molar refractivity (Wildman–Crippen MR) is 143 cm³/mol. The quantitative estimate of drug-likeness (QED) is 0.0607. The molecule has 9 N–H and O–H groups in total.